The molecule has 0 atom stereocenters. The van der Waals surface area contributed by atoms with E-state index < -0.39 is 11.9 Å². The Hall–Kier alpha value is -3.30. The van der Waals surface area contributed by atoms with Crippen LogP contribution in [0.5, 0.6) is 0 Å². The fourth-order valence-electron chi connectivity index (χ4n) is 3.63. The Kier molecular flexibility index (Phi) is 6.10. The molecule has 0 spiro atoms. The van der Waals surface area contributed by atoms with Crippen LogP contribution < -0.4 is 10.2 Å². The highest BCUT2D eigenvalue weighted by atomic mass is 19.4. The van der Waals surface area contributed by atoms with E-state index in [1.165, 1.54) is 20.2 Å². The monoisotopic (exact) mass is 434 g/mol. The minimum absolute atomic E-state index is 0.00355. The van der Waals surface area contributed by atoms with Crippen LogP contribution in [0.15, 0.2) is 41.7 Å². The molecule has 0 fully saturated rings. The minimum atomic E-state index is -4.55. The first kappa shape index (κ1) is 22.4. The van der Waals surface area contributed by atoms with Gasteiger partial charge in [0.05, 0.1) is 6.54 Å². The van der Waals surface area contributed by atoms with E-state index in [1.807, 2.05) is 0 Å². The Balaban J connectivity index is 1.87. The molecule has 1 aromatic carbocycles. The van der Waals surface area contributed by atoms with Crippen LogP contribution in [0, 0.1) is 5.41 Å². The van der Waals surface area contributed by atoms with E-state index in [9.17, 15) is 18.0 Å². The average Bonchev–Trinajstić information content (AvgIpc) is 3.14. The lowest BCUT2D eigenvalue weighted by Gasteiger charge is -2.33. The summed E-state index contributed by atoms with van der Waals surface area (Å²) < 4.78 is 41.0. The van der Waals surface area contributed by atoms with Gasteiger partial charge in [-0.05, 0) is 17.7 Å². The second-order valence-corrected chi connectivity index (χ2v) is 7.41. The highest BCUT2D eigenvalue weighted by molar-refractivity contribution is 6.08. The van der Waals surface area contributed by atoms with Gasteiger partial charge in [-0.3, -0.25) is 14.9 Å². The van der Waals surface area contributed by atoms with Crippen molar-refractivity contribution in [2.45, 2.75) is 19.5 Å². The van der Waals surface area contributed by atoms with Gasteiger partial charge in [0.15, 0.2) is 5.69 Å². The van der Waals surface area contributed by atoms with Gasteiger partial charge < -0.3 is 15.1 Å². The normalized spacial score (nSPS) is 14.6. The van der Waals surface area contributed by atoms with Crippen LogP contribution >= 0.6 is 0 Å². The highest BCUT2D eigenvalue weighted by Crippen LogP contribution is 2.36. The topological polar surface area (TPSA) is 77.2 Å². The van der Waals surface area contributed by atoms with Crippen LogP contribution in [0.1, 0.15) is 19.0 Å². The van der Waals surface area contributed by atoms with E-state index in [1.54, 1.807) is 48.2 Å². The number of amides is 1. The molecule has 2 aromatic rings. The van der Waals surface area contributed by atoms with Crippen LogP contribution in [-0.4, -0.2) is 53.6 Å². The number of hydrogen-bond acceptors (Lipinski definition) is 4. The molecular formula is C21H25F3N6O. The SMILES string of the molecule is CNC1=C(C(=N)N(C)c2ccc(-c3cn(C)nc3C(F)(F)F)cc2)CN(C(C)=O)CC1. The number of amidine groups is 1. The van der Waals surface area contributed by atoms with Crippen LogP contribution in [-0.2, 0) is 18.0 Å². The number of halogens is 3. The smallest absolute Gasteiger partial charge is 0.391 e. The molecule has 0 saturated carbocycles. The van der Waals surface area contributed by atoms with Crippen molar-refractivity contribution in [1.82, 2.24) is 20.0 Å². The van der Waals surface area contributed by atoms with Crippen molar-refractivity contribution in [3.05, 3.63) is 47.4 Å². The number of aryl methyl sites for hydroxylation is 1. The van der Waals surface area contributed by atoms with Gasteiger partial charge in [0.25, 0.3) is 0 Å². The predicted octanol–water partition coefficient (Wildman–Crippen LogP) is 3.25. The standard InChI is InChI=1S/C21H25F3N6O/c1-13(31)30-10-9-18(26-2)17(12-30)20(25)29(4)15-7-5-14(6-8-15)16-11-28(3)27-19(16)21(22,23)24/h5-8,11,25-26H,9-10,12H2,1-4H3. The minimum Gasteiger partial charge on any atom is -0.391 e. The molecule has 1 aliphatic heterocycles. The first-order chi connectivity index (χ1) is 14.5. The summed E-state index contributed by atoms with van der Waals surface area (Å²) in [5.41, 5.74) is 1.72. The zero-order chi connectivity index (χ0) is 22.9. The van der Waals surface area contributed by atoms with E-state index in [0.29, 0.717) is 36.3 Å². The number of likely N-dealkylation sites (N-methyl/N-ethyl adjacent to an activating group) is 1. The first-order valence-electron chi connectivity index (χ1n) is 9.72. The number of aromatic nitrogens is 2. The van der Waals surface area contributed by atoms with E-state index in [4.69, 9.17) is 5.41 Å². The Morgan fingerprint density at radius 3 is 2.45 bits per heavy atom. The van der Waals surface area contributed by atoms with Crippen molar-refractivity contribution in [2.24, 2.45) is 7.05 Å². The van der Waals surface area contributed by atoms with Gasteiger partial charge in [0.2, 0.25) is 5.91 Å². The number of nitrogens with zero attached hydrogens (tertiary/aromatic N) is 4. The maximum absolute atomic E-state index is 13.3. The fourth-order valence-corrected chi connectivity index (χ4v) is 3.63. The van der Waals surface area contributed by atoms with E-state index in [2.05, 4.69) is 10.4 Å². The number of nitrogens with one attached hydrogen (secondary N) is 2. The molecule has 2 heterocycles. The van der Waals surface area contributed by atoms with Gasteiger partial charge in [-0.1, -0.05) is 12.1 Å². The van der Waals surface area contributed by atoms with Crippen molar-refractivity contribution >= 4 is 17.4 Å². The molecule has 31 heavy (non-hydrogen) atoms. The molecule has 1 aromatic heterocycles. The molecular weight excluding hydrogens is 409 g/mol. The van der Waals surface area contributed by atoms with Crippen molar-refractivity contribution in [3.8, 4) is 11.1 Å². The summed E-state index contributed by atoms with van der Waals surface area (Å²) in [4.78, 5) is 15.1. The van der Waals surface area contributed by atoms with Crippen molar-refractivity contribution in [2.75, 3.05) is 32.1 Å². The molecule has 0 bridgehead atoms. The number of alkyl halides is 3. The zero-order valence-electron chi connectivity index (χ0n) is 17.8. The third-order valence-corrected chi connectivity index (χ3v) is 5.38. The molecule has 0 aliphatic carbocycles. The maximum atomic E-state index is 13.3. The van der Waals surface area contributed by atoms with Gasteiger partial charge in [0.1, 0.15) is 5.84 Å². The van der Waals surface area contributed by atoms with Crippen LogP contribution in [0.25, 0.3) is 11.1 Å². The summed E-state index contributed by atoms with van der Waals surface area (Å²) in [6, 6.07) is 6.51. The Bertz CT molecular complexity index is 1020. The van der Waals surface area contributed by atoms with Crippen LogP contribution in [0.3, 0.4) is 0 Å². The van der Waals surface area contributed by atoms with E-state index in [0.717, 1.165) is 10.4 Å². The zero-order valence-corrected chi connectivity index (χ0v) is 17.8. The predicted molar refractivity (Wildman–Crippen MR) is 113 cm³/mol. The third kappa shape index (κ3) is 4.57. The van der Waals surface area contributed by atoms with Gasteiger partial charge in [-0.2, -0.15) is 18.3 Å². The van der Waals surface area contributed by atoms with Crippen molar-refractivity contribution in [3.63, 3.8) is 0 Å². The molecule has 0 unspecified atom stereocenters. The third-order valence-electron chi connectivity index (χ3n) is 5.38. The Morgan fingerprint density at radius 1 is 1.26 bits per heavy atom. The summed E-state index contributed by atoms with van der Waals surface area (Å²) in [6.07, 6.45) is -2.58. The largest absolute Gasteiger partial charge is 0.435 e. The molecule has 10 heteroatoms. The van der Waals surface area contributed by atoms with Crippen molar-refractivity contribution in [1.29, 1.82) is 5.41 Å². The molecule has 7 nitrogen and oxygen atoms in total. The summed E-state index contributed by atoms with van der Waals surface area (Å²) in [6.45, 7) is 2.42. The Morgan fingerprint density at radius 2 is 1.90 bits per heavy atom. The van der Waals surface area contributed by atoms with Gasteiger partial charge in [-0.15, -0.1) is 0 Å². The first-order valence-corrected chi connectivity index (χ1v) is 9.72. The average molecular weight is 434 g/mol. The lowest BCUT2D eigenvalue weighted by molar-refractivity contribution is -0.141. The van der Waals surface area contributed by atoms with Gasteiger partial charge in [0, 0.05) is 69.8 Å². The fraction of sp³-hybridized carbons (Fsp3) is 0.381. The lowest BCUT2D eigenvalue weighted by Crippen LogP contribution is -2.42. The lowest BCUT2D eigenvalue weighted by atomic mass is 10.0. The number of rotatable bonds is 4. The molecule has 0 saturated heterocycles. The summed E-state index contributed by atoms with van der Waals surface area (Å²) >= 11 is 0. The van der Waals surface area contributed by atoms with E-state index >= 15 is 0 Å². The number of anilines is 1. The molecule has 1 amide bonds. The molecule has 2 N–H and O–H groups in total. The maximum Gasteiger partial charge on any atom is 0.435 e. The second kappa shape index (κ2) is 8.44. The van der Waals surface area contributed by atoms with E-state index in [-0.39, 0.29) is 17.3 Å². The summed E-state index contributed by atoms with van der Waals surface area (Å²) in [5, 5.41) is 15.3. The van der Waals surface area contributed by atoms with Crippen LogP contribution in [0.2, 0.25) is 0 Å². The number of benzene rings is 1. The molecule has 0 radical (unpaired) electrons. The van der Waals surface area contributed by atoms with Crippen molar-refractivity contribution < 1.29 is 18.0 Å². The van der Waals surface area contributed by atoms with Crippen LogP contribution in [0.4, 0.5) is 18.9 Å². The second-order valence-electron chi connectivity index (χ2n) is 7.41. The Labute approximate surface area is 178 Å². The number of carbonyl (C=O) groups excluding carboxylic acids is 1. The molecule has 166 valence electrons. The summed E-state index contributed by atoms with van der Waals surface area (Å²) in [5.74, 6) is 0.171. The summed E-state index contributed by atoms with van der Waals surface area (Å²) in [7, 11) is 4.95. The molecule has 1 aliphatic rings. The quantitative estimate of drug-likeness (QED) is 0.572. The number of carbonyl (C=O) groups is 1. The number of hydrogen-bond donors (Lipinski definition) is 2. The van der Waals surface area contributed by atoms with Gasteiger partial charge in [-0.25, -0.2) is 0 Å². The highest BCUT2D eigenvalue weighted by Gasteiger charge is 2.37. The molecule has 3 rings (SSSR count). The van der Waals surface area contributed by atoms with Gasteiger partial charge >= 0.3 is 6.18 Å².